The molecule has 1 amide bonds. The van der Waals surface area contributed by atoms with E-state index in [0.29, 0.717) is 0 Å². The van der Waals surface area contributed by atoms with Gasteiger partial charge in [-0.05, 0) is 18.9 Å². The van der Waals surface area contributed by atoms with Gasteiger partial charge in [-0.15, -0.1) is 13.2 Å². The van der Waals surface area contributed by atoms with E-state index in [-0.39, 0.29) is 23.8 Å². The molecule has 0 bridgehead atoms. The molecule has 0 aliphatic heterocycles. The van der Waals surface area contributed by atoms with Gasteiger partial charge in [-0.3, -0.25) is 14.2 Å². The van der Waals surface area contributed by atoms with E-state index in [1.165, 1.54) is 18.2 Å². The number of alkyl halides is 3. The van der Waals surface area contributed by atoms with Crippen molar-refractivity contribution in [2.24, 2.45) is 0 Å². The zero-order valence-electron chi connectivity index (χ0n) is 14.7. The summed E-state index contributed by atoms with van der Waals surface area (Å²) in [6.07, 6.45) is -1.55. The van der Waals surface area contributed by atoms with Crippen LogP contribution in [0.25, 0.3) is 0 Å². The summed E-state index contributed by atoms with van der Waals surface area (Å²) in [6.45, 7) is -0.279. The van der Waals surface area contributed by atoms with Crippen LogP contribution in [0, 0.1) is 0 Å². The van der Waals surface area contributed by atoms with Crippen molar-refractivity contribution in [3.63, 3.8) is 0 Å². The number of H-pyrrole nitrogens is 1. The SMILES string of the molecule is O=C(NCc1ccccc1OC(F)(F)F)c1cc(=O)n(C2CCCC2)c(=O)[nH]1. The maximum atomic E-state index is 12.5. The topological polar surface area (TPSA) is 93.2 Å². The minimum absolute atomic E-state index is 0.0924. The van der Waals surface area contributed by atoms with E-state index in [4.69, 9.17) is 0 Å². The lowest BCUT2D eigenvalue weighted by Gasteiger charge is -2.14. The van der Waals surface area contributed by atoms with Crippen molar-refractivity contribution in [3.8, 4) is 5.75 Å². The molecular weight excluding hydrogens is 379 g/mol. The van der Waals surface area contributed by atoms with Crippen molar-refractivity contribution in [1.29, 1.82) is 0 Å². The number of rotatable bonds is 5. The van der Waals surface area contributed by atoms with Crippen LogP contribution in [0.4, 0.5) is 13.2 Å². The molecule has 0 spiro atoms. The number of carbonyl (C=O) groups excluding carboxylic acids is 1. The van der Waals surface area contributed by atoms with Crippen molar-refractivity contribution in [2.75, 3.05) is 0 Å². The Hall–Kier alpha value is -3.04. The predicted octanol–water partition coefficient (Wildman–Crippen LogP) is 2.48. The van der Waals surface area contributed by atoms with Gasteiger partial charge in [0.25, 0.3) is 11.5 Å². The Kier molecular flexibility index (Phi) is 5.57. The molecule has 7 nitrogen and oxygen atoms in total. The Balaban J connectivity index is 1.74. The van der Waals surface area contributed by atoms with Crippen molar-refractivity contribution in [3.05, 3.63) is 62.4 Å². The van der Waals surface area contributed by atoms with Crippen LogP contribution in [0.5, 0.6) is 5.75 Å². The maximum Gasteiger partial charge on any atom is 0.573 e. The largest absolute Gasteiger partial charge is 0.573 e. The molecule has 2 N–H and O–H groups in total. The highest BCUT2D eigenvalue weighted by atomic mass is 19.4. The van der Waals surface area contributed by atoms with Crippen LogP contribution in [-0.2, 0) is 6.54 Å². The monoisotopic (exact) mass is 397 g/mol. The van der Waals surface area contributed by atoms with Gasteiger partial charge < -0.3 is 15.0 Å². The number of halogens is 3. The molecule has 1 aliphatic carbocycles. The molecule has 150 valence electrons. The van der Waals surface area contributed by atoms with Gasteiger partial charge in [-0.2, -0.15) is 0 Å². The number of aromatic nitrogens is 2. The van der Waals surface area contributed by atoms with E-state index >= 15 is 0 Å². The molecule has 28 heavy (non-hydrogen) atoms. The third-order valence-electron chi connectivity index (χ3n) is 4.54. The molecular formula is C18H18F3N3O4. The minimum Gasteiger partial charge on any atom is -0.405 e. The number of amides is 1. The fourth-order valence-electron chi connectivity index (χ4n) is 3.28. The summed E-state index contributed by atoms with van der Waals surface area (Å²) in [5.41, 5.74) is -1.42. The van der Waals surface area contributed by atoms with Gasteiger partial charge in [-0.25, -0.2) is 4.79 Å². The second-order valence-corrected chi connectivity index (χ2v) is 6.47. The van der Waals surface area contributed by atoms with E-state index in [9.17, 15) is 27.6 Å². The fourth-order valence-corrected chi connectivity index (χ4v) is 3.28. The summed E-state index contributed by atoms with van der Waals surface area (Å²) < 4.78 is 42.4. The quantitative estimate of drug-likeness (QED) is 0.811. The van der Waals surface area contributed by atoms with E-state index < -0.39 is 29.3 Å². The zero-order valence-corrected chi connectivity index (χ0v) is 14.7. The molecule has 10 heteroatoms. The van der Waals surface area contributed by atoms with Crippen molar-refractivity contribution in [1.82, 2.24) is 14.9 Å². The zero-order chi connectivity index (χ0) is 20.3. The first-order valence-corrected chi connectivity index (χ1v) is 8.72. The standard InChI is InChI=1S/C18H18F3N3O4/c19-18(20,21)28-14-8-4-1-5-11(14)10-22-16(26)13-9-15(25)24(17(27)23-13)12-6-2-3-7-12/h1,4-5,8-9,12H,2-3,6-7,10H2,(H,22,26)(H,23,27). The van der Waals surface area contributed by atoms with Crippen LogP contribution in [-0.4, -0.2) is 21.8 Å². The Labute approximate surface area is 157 Å². The van der Waals surface area contributed by atoms with Gasteiger partial charge >= 0.3 is 12.1 Å². The third-order valence-corrected chi connectivity index (χ3v) is 4.54. The lowest BCUT2D eigenvalue weighted by Crippen LogP contribution is -2.39. The number of nitrogens with one attached hydrogen (secondary N) is 2. The molecule has 0 saturated heterocycles. The number of benzene rings is 1. The average Bonchev–Trinajstić information content (AvgIpc) is 3.13. The molecule has 0 atom stereocenters. The molecule has 3 rings (SSSR count). The normalized spacial score (nSPS) is 14.8. The number of para-hydroxylation sites is 1. The van der Waals surface area contributed by atoms with Crippen LogP contribution in [0.15, 0.2) is 39.9 Å². The van der Waals surface area contributed by atoms with Crippen molar-refractivity contribution >= 4 is 5.91 Å². The van der Waals surface area contributed by atoms with Crippen LogP contribution in [0.1, 0.15) is 47.8 Å². The third kappa shape index (κ3) is 4.62. The molecule has 2 aromatic rings. The van der Waals surface area contributed by atoms with Gasteiger partial charge in [0.2, 0.25) is 0 Å². The Morgan fingerprint density at radius 1 is 1.21 bits per heavy atom. The summed E-state index contributed by atoms with van der Waals surface area (Å²) in [5.74, 6) is -1.23. The van der Waals surface area contributed by atoms with E-state index in [1.54, 1.807) is 0 Å². The van der Waals surface area contributed by atoms with Gasteiger partial charge in [0.1, 0.15) is 11.4 Å². The van der Waals surface area contributed by atoms with Crippen molar-refractivity contribution in [2.45, 2.75) is 44.6 Å². The molecule has 1 fully saturated rings. The Morgan fingerprint density at radius 2 is 1.89 bits per heavy atom. The van der Waals surface area contributed by atoms with Gasteiger partial charge in [-0.1, -0.05) is 31.0 Å². The first kappa shape index (κ1) is 19.7. The lowest BCUT2D eigenvalue weighted by atomic mass is 10.2. The number of nitrogens with zero attached hydrogens (tertiary/aromatic N) is 1. The van der Waals surface area contributed by atoms with E-state index in [1.807, 2.05) is 0 Å². The first-order valence-electron chi connectivity index (χ1n) is 8.72. The summed E-state index contributed by atoms with van der Waals surface area (Å²) in [5, 5.41) is 2.38. The number of aromatic amines is 1. The van der Waals surface area contributed by atoms with E-state index in [0.717, 1.165) is 42.4 Å². The van der Waals surface area contributed by atoms with Crippen LogP contribution < -0.4 is 21.3 Å². The maximum absolute atomic E-state index is 12.5. The highest BCUT2D eigenvalue weighted by molar-refractivity contribution is 5.92. The minimum atomic E-state index is -4.86. The molecule has 0 unspecified atom stereocenters. The number of ether oxygens (including phenoxy) is 1. The van der Waals surface area contributed by atoms with Gasteiger partial charge in [0.15, 0.2) is 0 Å². The Bertz CT molecular complexity index is 944. The lowest BCUT2D eigenvalue weighted by molar-refractivity contribution is -0.274. The highest BCUT2D eigenvalue weighted by Crippen LogP contribution is 2.27. The summed E-state index contributed by atoms with van der Waals surface area (Å²) in [4.78, 5) is 39.1. The molecule has 0 radical (unpaired) electrons. The Morgan fingerprint density at radius 3 is 2.54 bits per heavy atom. The second-order valence-electron chi connectivity index (χ2n) is 6.47. The average molecular weight is 397 g/mol. The van der Waals surface area contributed by atoms with Crippen LogP contribution in [0.3, 0.4) is 0 Å². The molecule has 1 aliphatic rings. The fraction of sp³-hybridized carbons (Fsp3) is 0.389. The number of hydrogen-bond donors (Lipinski definition) is 2. The molecule has 1 saturated carbocycles. The predicted molar refractivity (Wildman–Crippen MR) is 93.1 cm³/mol. The number of carbonyl (C=O) groups is 1. The summed E-state index contributed by atoms with van der Waals surface area (Å²) in [6, 6.07) is 6.19. The number of hydrogen-bond acceptors (Lipinski definition) is 4. The summed E-state index contributed by atoms with van der Waals surface area (Å²) in [7, 11) is 0. The smallest absolute Gasteiger partial charge is 0.405 e. The van der Waals surface area contributed by atoms with Gasteiger partial charge in [0, 0.05) is 24.2 Å². The summed E-state index contributed by atoms with van der Waals surface area (Å²) >= 11 is 0. The highest BCUT2D eigenvalue weighted by Gasteiger charge is 2.32. The molecule has 1 aromatic carbocycles. The second kappa shape index (κ2) is 7.91. The van der Waals surface area contributed by atoms with Gasteiger partial charge in [0.05, 0.1) is 0 Å². The van der Waals surface area contributed by atoms with E-state index in [2.05, 4.69) is 15.0 Å². The van der Waals surface area contributed by atoms with Crippen LogP contribution >= 0.6 is 0 Å². The molecule has 1 heterocycles. The van der Waals surface area contributed by atoms with Crippen molar-refractivity contribution < 1.29 is 22.7 Å². The molecule has 1 aromatic heterocycles. The first-order chi connectivity index (χ1) is 13.2. The van der Waals surface area contributed by atoms with Crippen LogP contribution in [0.2, 0.25) is 0 Å².